The monoisotopic (exact) mass is 285 g/mol. The van der Waals surface area contributed by atoms with Gasteiger partial charge in [0.1, 0.15) is 12.3 Å². The fourth-order valence-corrected chi connectivity index (χ4v) is 1.93. The van der Waals surface area contributed by atoms with Gasteiger partial charge in [0.15, 0.2) is 0 Å². The number of rotatable bonds is 5. The number of carbonyl (C=O) groups is 1. The summed E-state index contributed by atoms with van der Waals surface area (Å²) in [4.78, 5) is 23.1. The third-order valence-electron chi connectivity index (χ3n) is 2.70. The molecule has 1 saturated heterocycles. The Morgan fingerprint density at radius 1 is 1.53 bits per heavy atom. The minimum atomic E-state index is -0.502. The Morgan fingerprint density at radius 2 is 2.32 bits per heavy atom. The Kier molecular flexibility index (Phi) is 4.06. The molecule has 0 spiro atoms. The highest BCUT2D eigenvalue weighted by atomic mass is 35.5. The van der Waals surface area contributed by atoms with Crippen molar-refractivity contribution in [3.8, 4) is 0 Å². The zero-order valence-electron chi connectivity index (χ0n) is 9.97. The zero-order valence-corrected chi connectivity index (χ0v) is 10.7. The van der Waals surface area contributed by atoms with Crippen LogP contribution in [0.15, 0.2) is 18.2 Å². The summed E-state index contributed by atoms with van der Waals surface area (Å²) in [5.41, 5.74) is 0.290. The molecular weight excluding hydrogens is 274 g/mol. The molecule has 1 fully saturated rings. The highest BCUT2D eigenvalue weighted by Crippen LogP contribution is 2.27. The van der Waals surface area contributed by atoms with Gasteiger partial charge in [0.05, 0.1) is 11.5 Å². The van der Waals surface area contributed by atoms with Crippen LogP contribution in [-0.4, -0.2) is 42.2 Å². The van der Waals surface area contributed by atoms with Crippen LogP contribution < -0.4 is 5.32 Å². The van der Waals surface area contributed by atoms with Crippen molar-refractivity contribution in [2.24, 2.45) is 0 Å². The second-order valence-electron chi connectivity index (χ2n) is 3.95. The molecule has 0 bridgehead atoms. The third kappa shape index (κ3) is 3.25. The van der Waals surface area contributed by atoms with Crippen molar-refractivity contribution in [1.82, 2.24) is 4.90 Å². The average molecular weight is 286 g/mol. The second kappa shape index (κ2) is 5.75. The van der Waals surface area contributed by atoms with E-state index in [9.17, 15) is 14.9 Å². The van der Waals surface area contributed by atoms with Gasteiger partial charge in [0.2, 0.25) is 0 Å². The number of ether oxygens (including phenoxy) is 1. The lowest BCUT2D eigenvalue weighted by atomic mass is 10.2. The molecule has 0 saturated carbocycles. The van der Waals surface area contributed by atoms with E-state index in [-0.39, 0.29) is 11.8 Å². The van der Waals surface area contributed by atoms with Crippen LogP contribution in [0, 0.1) is 10.1 Å². The summed E-state index contributed by atoms with van der Waals surface area (Å²) in [6, 6.07) is 4.40. The number of benzene rings is 1. The molecule has 0 radical (unpaired) electrons. The SMILES string of the molecule is O=C1OCCN1CCNc1ccc(Cl)cc1[N+](=O)[O-]. The minimum absolute atomic E-state index is 0.0866. The Bertz CT molecular complexity index is 509. The van der Waals surface area contributed by atoms with E-state index < -0.39 is 4.92 Å². The first-order valence-electron chi connectivity index (χ1n) is 5.67. The van der Waals surface area contributed by atoms with Crippen LogP contribution in [0.1, 0.15) is 0 Å². The molecule has 19 heavy (non-hydrogen) atoms. The Morgan fingerprint density at radius 3 is 2.95 bits per heavy atom. The van der Waals surface area contributed by atoms with Gasteiger partial charge in [0.25, 0.3) is 5.69 Å². The number of hydrogen-bond acceptors (Lipinski definition) is 5. The number of carbonyl (C=O) groups excluding carboxylic acids is 1. The van der Waals surface area contributed by atoms with E-state index in [1.165, 1.54) is 11.0 Å². The molecular formula is C11H12ClN3O4. The highest BCUT2D eigenvalue weighted by molar-refractivity contribution is 6.30. The van der Waals surface area contributed by atoms with Gasteiger partial charge >= 0.3 is 6.09 Å². The number of hydrogen-bond donors (Lipinski definition) is 1. The predicted octanol–water partition coefficient (Wildman–Crippen LogP) is 2.11. The molecule has 102 valence electrons. The largest absolute Gasteiger partial charge is 0.448 e. The van der Waals surface area contributed by atoms with Gasteiger partial charge in [0, 0.05) is 24.2 Å². The van der Waals surface area contributed by atoms with Crippen LogP contribution in [0.5, 0.6) is 0 Å². The predicted molar refractivity (Wildman–Crippen MR) is 69.5 cm³/mol. The zero-order chi connectivity index (χ0) is 13.8. The quantitative estimate of drug-likeness (QED) is 0.661. The molecule has 1 aromatic carbocycles. The number of nitrogens with one attached hydrogen (secondary N) is 1. The number of anilines is 1. The third-order valence-corrected chi connectivity index (χ3v) is 2.93. The maximum atomic E-state index is 11.2. The first-order valence-corrected chi connectivity index (χ1v) is 6.05. The molecule has 1 heterocycles. The maximum absolute atomic E-state index is 11.2. The van der Waals surface area contributed by atoms with Gasteiger partial charge < -0.3 is 15.0 Å². The Hall–Kier alpha value is -2.02. The highest BCUT2D eigenvalue weighted by Gasteiger charge is 2.21. The summed E-state index contributed by atoms with van der Waals surface area (Å²) in [5, 5.41) is 14.1. The fraction of sp³-hybridized carbons (Fsp3) is 0.364. The van der Waals surface area contributed by atoms with E-state index in [2.05, 4.69) is 5.32 Å². The lowest BCUT2D eigenvalue weighted by molar-refractivity contribution is -0.383. The lowest BCUT2D eigenvalue weighted by Gasteiger charge is -2.13. The van der Waals surface area contributed by atoms with Crippen molar-refractivity contribution >= 4 is 29.1 Å². The van der Waals surface area contributed by atoms with Gasteiger partial charge in [-0.3, -0.25) is 10.1 Å². The molecule has 1 N–H and O–H groups in total. The van der Waals surface area contributed by atoms with Gasteiger partial charge in [-0.05, 0) is 12.1 Å². The van der Waals surface area contributed by atoms with Crippen molar-refractivity contribution in [2.75, 3.05) is 31.6 Å². The summed E-state index contributed by atoms with van der Waals surface area (Å²) < 4.78 is 4.78. The number of amides is 1. The molecule has 2 rings (SSSR count). The number of halogens is 1. The van der Waals surface area contributed by atoms with E-state index in [0.717, 1.165) is 0 Å². The first kappa shape index (κ1) is 13.4. The molecule has 1 amide bonds. The number of cyclic esters (lactones) is 1. The summed E-state index contributed by atoms with van der Waals surface area (Å²) >= 11 is 5.72. The van der Waals surface area contributed by atoms with Crippen molar-refractivity contribution < 1.29 is 14.5 Å². The van der Waals surface area contributed by atoms with Gasteiger partial charge in [-0.25, -0.2) is 4.79 Å². The van der Waals surface area contributed by atoms with Gasteiger partial charge in [-0.2, -0.15) is 0 Å². The van der Waals surface area contributed by atoms with Crippen LogP contribution in [-0.2, 0) is 4.74 Å². The molecule has 0 aliphatic carbocycles. The van der Waals surface area contributed by atoms with Crippen molar-refractivity contribution in [2.45, 2.75) is 0 Å². The van der Waals surface area contributed by atoms with Gasteiger partial charge in [-0.15, -0.1) is 0 Å². The first-order chi connectivity index (χ1) is 9.08. The van der Waals surface area contributed by atoms with Crippen LogP contribution in [0.25, 0.3) is 0 Å². The molecule has 1 aromatic rings. The lowest BCUT2D eigenvalue weighted by Crippen LogP contribution is -2.29. The minimum Gasteiger partial charge on any atom is -0.448 e. The Balaban J connectivity index is 1.95. The van der Waals surface area contributed by atoms with Crippen LogP contribution in [0.4, 0.5) is 16.2 Å². The molecule has 1 aliphatic rings. The average Bonchev–Trinajstić information content (AvgIpc) is 2.77. The van der Waals surface area contributed by atoms with E-state index in [1.54, 1.807) is 12.1 Å². The van der Waals surface area contributed by atoms with Crippen LogP contribution in [0.3, 0.4) is 0 Å². The number of nitrogens with zero attached hydrogens (tertiary/aromatic N) is 2. The Labute approximate surface area is 114 Å². The van der Waals surface area contributed by atoms with E-state index in [4.69, 9.17) is 16.3 Å². The summed E-state index contributed by atoms with van der Waals surface area (Å²) in [6.45, 7) is 1.76. The van der Waals surface area contributed by atoms with Crippen LogP contribution >= 0.6 is 11.6 Å². The summed E-state index contributed by atoms with van der Waals surface area (Å²) in [7, 11) is 0. The molecule has 0 atom stereocenters. The number of nitro groups is 1. The van der Waals surface area contributed by atoms with Crippen LogP contribution in [0.2, 0.25) is 5.02 Å². The smallest absolute Gasteiger partial charge is 0.409 e. The van der Waals surface area contributed by atoms with Crippen molar-refractivity contribution in [3.05, 3.63) is 33.3 Å². The normalized spacial score (nSPS) is 14.4. The van der Waals surface area contributed by atoms with Crippen molar-refractivity contribution in [1.29, 1.82) is 0 Å². The molecule has 8 heteroatoms. The van der Waals surface area contributed by atoms with Crippen molar-refractivity contribution in [3.63, 3.8) is 0 Å². The summed E-state index contributed by atoms with van der Waals surface area (Å²) in [6.07, 6.45) is -0.354. The van der Waals surface area contributed by atoms with Gasteiger partial charge in [-0.1, -0.05) is 11.6 Å². The van der Waals surface area contributed by atoms with E-state index in [0.29, 0.717) is 37.0 Å². The molecule has 0 aromatic heterocycles. The number of nitro benzene ring substituents is 1. The summed E-state index contributed by atoms with van der Waals surface area (Å²) in [5.74, 6) is 0. The standard InChI is InChI=1S/C11H12ClN3O4/c12-8-1-2-9(10(7-8)15(17)18)13-3-4-14-5-6-19-11(14)16/h1-2,7,13H,3-6H2. The topological polar surface area (TPSA) is 84.7 Å². The fourth-order valence-electron chi connectivity index (χ4n) is 1.76. The van der Waals surface area contributed by atoms with E-state index >= 15 is 0 Å². The molecule has 7 nitrogen and oxygen atoms in total. The molecule has 1 aliphatic heterocycles. The maximum Gasteiger partial charge on any atom is 0.409 e. The van der Waals surface area contributed by atoms with E-state index in [1.807, 2.05) is 0 Å². The molecule has 0 unspecified atom stereocenters. The second-order valence-corrected chi connectivity index (χ2v) is 4.38.